The lowest BCUT2D eigenvalue weighted by atomic mass is 10.1. The van der Waals surface area contributed by atoms with Gasteiger partial charge in [0.25, 0.3) is 0 Å². The first-order valence-electron chi connectivity index (χ1n) is 9.28. The molecule has 1 aromatic heterocycles. The standard InChI is InChI=1S/C21H20FN4O3S2/c1-26(2)14-24-8-9-29-18-6-7-19-17(10-18)11-20(30-19)31(27,28)25-13-16-5-3-4-15(12-23)21(16)22/h3-4,6-7,10-11,14,25H,8-9,13H2,1-2H3/p+1. The summed E-state index contributed by atoms with van der Waals surface area (Å²) in [5.41, 5.74) is -0.170. The lowest BCUT2D eigenvalue weighted by Gasteiger charge is -2.06. The summed E-state index contributed by atoms with van der Waals surface area (Å²) in [7, 11) is -0.0352. The van der Waals surface area contributed by atoms with Crippen molar-refractivity contribution in [2.24, 2.45) is 0 Å². The van der Waals surface area contributed by atoms with E-state index >= 15 is 0 Å². The topological polar surface area (TPSA) is 94.2 Å². The Bertz CT molecular complexity index is 1260. The van der Waals surface area contributed by atoms with Crippen molar-refractivity contribution in [1.82, 2.24) is 10.0 Å². The lowest BCUT2D eigenvalue weighted by Crippen LogP contribution is -2.23. The van der Waals surface area contributed by atoms with E-state index < -0.39 is 15.8 Å². The van der Waals surface area contributed by atoms with Crippen molar-refractivity contribution in [2.45, 2.75) is 10.8 Å². The number of ether oxygens (including phenoxy) is 1. The highest BCUT2D eigenvalue weighted by Crippen LogP contribution is 2.31. The summed E-state index contributed by atoms with van der Waals surface area (Å²) < 4.78 is 50.4. The van der Waals surface area contributed by atoms with Crippen LogP contribution in [0, 0.1) is 23.2 Å². The number of nitrogens with one attached hydrogen (secondary N) is 2. The van der Waals surface area contributed by atoms with Gasteiger partial charge in [-0.3, -0.25) is 9.89 Å². The van der Waals surface area contributed by atoms with Crippen LogP contribution in [0.3, 0.4) is 0 Å². The molecule has 161 valence electrons. The molecule has 0 saturated carbocycles. The maximum atomic E-state index is 14.1. The number of rotatable bonds is 9. The number of fused-ring (bicyclic) bond motifs is 1. The molecule has 0 unspecified atom stereocenters. The van der Waals surface area contributed by atoms with Crippen molar-refractivity contribution in [2.75, 3.05) is 27.2 Å². The summed E-state index contributed by atoms with van der Waals surface area (Å²) in [5.74, 6) is -0.137. The van der Waals surface area contributed by atoms with Gasteiger partial charge in [-0.1, -0.05) is 6.07 Å². The lowest BCUT2D eigenvalue weighted by molar-refractivity contribution is -0.461. The SMILES string of the molecule is C[N+](C)=CNCCOc1ccc2sc(S(=O)(=O)NCc3[c]ccc(C#N)c3F)cc2c1. The van der Waals surface area contributed by atoms with Gasteiger partial charge in [0.1, 0.15) is 35.0 Å². The number of sulfonamides is 1. The average Bonchev–Trinajstić information content (AvgIpc) is 3.17. The third-order valence-electron chi connectivity index (χ3n) is 4.16. The number of halogens is 1. The Hall–Kier alpha value is -3.00. The fourth-order valence-electron chi connectivity index (χ4n) is 2.67. The van der Waals surface area contributed by atoms with Crippen LogP contribution in [0.5, 0.6) is 5.75 Å². The van der Waals surface area contributed by atoms with Crippen LogP contribution < -0.4 is 14.8 Å². The van der Waals surface area contributed by atoms with Gasteiger partial charge in [0, 0.05) is 16.8 Å². The van der Waals surface area contributed by atoms with Crippen molar-refractivity contribution in [1.29, 1.82) is 5.26 Å². The van der Waals surface area contributed by atoms with E-state index in [-0.39, 0.29) is 21.9 Å². The Morgan fingerprint density at radius 1 is 1.32 bits per heavy atom. The Balaban J connectivity index is 1.69. The van der Waals surface area contributed by atoms with Crippen LogP contribution in [-0.2, 0) is 16.6 Å². The van der Waals surface area contributed by atoms with Gasteiger partial charge in [-0.25, -0.2) is 17.5 Å². The van der Waals surface area contributed by atoms with Gasteiger partial charge in [-0.05, 0) is 41.8 Å². The van der Waals surface area contributed by atoms with E-state index in [9.17, 15) is 12.8 Å². The summed E-state index contributed by atoms with van der Waals surface area (Å²) in [4.78, 5) is 0. The molecule has 31 heavy (non-hydrogen) atoms. The van der Waals surface area contributed by atoms with Crippen molar-refractivity contribution in [3.8, 4) is 11.8 Å². The number of nitriles is 1. The molecule has 0 spiro atoms. The van der Waals surface area contributed by atoms with Gasteiger partial charge >= 0.3 is 0 Å². The van der Waals surface area contributed by atoms with Crippen molar-refractivity contribution < 1.29 is 22.1 Å². The zero-order valence-electron chi connectivity index (χ0n) is 17.0. The smallest absolute Gasteiger partial charge is 0.250 e. The number of thiophene rings is 1. The molecule has 2 N–H and O–H groups in total. The molecule has 0 bridgehead atoms. The molecular formula is C21H21FN4O3S2+. The highest BCUT2D eigenvalue weighted by Gasteiger charge is 2.19. The quantitative estimate of drug-likeness (QED) is 0.221. The number of hydrogen-bond donors (Lipinski definition) is 2. The summed E-state index contributed by atoms with van der Waals surface area (Å²) >= 11 is 1.11. The summed E-state index contributed by atoms with van der Waals surface area (Å²) in [6.45, 7) is 0.782. The molecule has 0 saturated heterocycles. The van der Waals surface area contributed by atoms with Crippen LogP contribution in [0.15, 0.2) is 40.6 Å². The first-order chi connectivity index (χ1) is 14.8. The number of hydrogen-bond acceptors (Lipinski definition) is 5. The fraction of sp³-hybridized carbons (Fsp3) is 0.238. The first kappa shape index (κ1) is 22.7. The predicted molar refractivity (Wildman–Crippen MR) is 117 cm³/mol. The van der Waals surface area contributed by atoms with Gasteiger partial charge in [-0.15, -0.1) is 11.3 Å². The molecule has 3 aromatic rings. The normalized spacial score (nSPS) is 11.2. The second-order valence-corrected chi connectivity index (χ2v) is 9.86. The Morgan fingerprint density at radius 3 is 2.87 bits per heavy atom. The third-order valence-corrected chi connectivity index (χ3v) is 7.15. The van der Waals surface area contributed by atoms with Crippen LogP contribution in [0.1, 0.15) is 11.1 Å². The van der Waals surface area contributed by atoms with Gasteiger partial charge in [-0.2, -0.15) is 5.26 Å². The number of nitrogens with zero attached hydrogens (tertiary/aromatic N) is 2. The molecule has 0 aliphatic rings. The van der Waals surface area contributed by atoms with Crippen LogP contribution in [0.4, 0.5) is 4.39 Å². The maximum Gasteiger partial charge on any atom is 0.250 e. The molecule has 0 aliphatic carbocycles. The Labute approximate surface area is 184 Å². The average molecular weight is 461 g/mol. The molecule has 2 aromatic carbocycles. The predicted octanol–water partition coefficient (Wildman–Crippen LogP) is 2.46. The Kier molecular flexibility index (Phi) is 7.22. The van der Waals surface area contributed by atoms with Gasteiger partial charge in [0.05, 0.1) is 19.7 Å². The fourth-order valence-corrected chi connectivity index (χ4v) is 5.09. The molecule has 0 aliphatic heterocycles. The molecule has 10 heteroatoms. The highest BCUT2D eigenvalue weighted by atomic mass is 32.2. The first-order valence-corrected chi connectivity index (χ1v) is 11.6. The van der Waals surface area contributed by atoms with Gasteiger partial charge in [0.2, 0.25) is 16.4 Å². The van der Waals surface area contributed by atoms with E-state index in [1.54, 1.807) is 30.3 Å². The van der Waals surface area contributed by atoms with Crippen molar-refractivity contribution in [3.63, 3.8) is 0 Å². The van der Waals surface area contributed by atoms with E-state index in [2.05, 4.69) is 16.1 Å². The molecule has 7 nitrogen and oxygen atoms in total. The van der Waals surface area contributed by atoms with Crippen LogP contribution >= 0.6 is 11.3 Å². The second kappa shape index (κ2) is 9.87. The van der Waals surface area contributed by atoms with E-state index in [0.717, 1.165) is 21.4 Å². The molecule has 1 radical (unpaired) electrons. The maximum absolute atomic E-state index is 14.1. The van der Waals surface area contributed by atoms with Crippen LogP contribution in [-0.4, -0.2) is 46.6 Å². The van der Waals surface area contributed by atoms with E-state index in [1.165, 1.54) is 12.1 Å². The molecule has 3 rings (SSSR count). The number of benzene rings is 2. The summed E-state index contributed by atoms with van der Waals surface area (Å²) in [6, 6.07) is 14.0. The van der Waals surface area contributed by atoms with E-state index in [4.69, 9.17) is 10.00 Å². The minimum absolute atomic E-state index is 0.0143. The summed E-state index contributed by atoms with van der Waals surface area (Å²) in [6.07, 6.45) is 1.83. The zero-order chi connectivity index (χ0) is 22.4. The second-order valence-electron chi connectivity index (χ2n) is 6.78. The van der Waals surface area contributed by atoms with E-state index in [0.29, 0.717) is 18.9 Å². The molecule has 0 atom stereocenters. The summed E-state index contributed by atoms with van der Waals surface area (Å²) in [5, 5.41) is 12.7. The van der Waals surface area contributed by atoms with Gasteiger partial charge in [0.15, 0.2) is 0 Å². The van der Waals surface area contributed by atoms with Crippen LogP contribution in [0.25, 0.3) is 10.1 Å². The minimum atomic E-state index is -3.86. The van der Waals surface area contributed by atoms with Gasteiger partial charge < -0.3 is 4.74 Å². The molecule has 1 heterocycles. The monoisotopic (exact) mass is 460 g/mol. The van der Waals surface area contributed by atoms with E-state index in [1.807, 2.05) is 25.0 Å². The minimum Gasteiger partial charge on any atom is -0.489 e. The Morgan fingerprint density at radius 2 is 2.13 bits per heavy atom. The zero-order valence-corrected chi connectivity index (χ0v) is 18.6. The van der Waals surface area contributed by atoms with Crippen molar-refractivity contribution in [3.05, 3.63) is 59.4 Å². The van der Waals surface area contributed by atoms with Crippen molar-refractivity contribution >= 4 is 37.8 Å². The van der Waals surface area contributed by atoms with Crippen LogP contribution in [0.2, 0.25) is 0 Å². The highest BCUT2D eigenvalue weighted by molar-refractivity contribution is 7.91. The molecule has 0 fully saturated rings. The molecule has 0 amide bonds. The third kappa shape index (κ3) is 5.79. The largest absolute Gasteiger partial charge is 0.489 e. The molecular weight excluding hydrogens is 439 g/mol.